The first-order chi connectivity index (χ1) is 14.2. The van der Waals surface area contributed by atoms with Gasteiger partial charge in [0.1, 0.15) is 12.3 Å². The number of guanidine groups is 2. The molecule has 2 unspecified atom stereocenters. The van der Waals surface area contributed by atoms with E-state index in [-0.39, 0.29) is 38.0 Å². The van der Waals surface area contributed by atoms with Gasteiger partial charge in [-0.2, -0.15) is 0 Å². The minimum absolute atomic E-state index is 0.0630. The fraction of sp³-hybridized carbons (Fsp3) is 0.625. The fourth-order valence-electron chi connectivity index (χ4n) is 2.25. The van der Waals surface area contributed by atoms with Crippen molar-refractivity contribution in [2.24, 2.45) is 38.7 Å². The maximum Gasteiger partial charge on any atom is 0.243 e. The number of nitrogens with two attached hydrogens (primary N) is 5. The highest BCUT2D eigenvalue weighted by Gasteiger charge is 2.23. The molecule has 0 saturated carbocycles. The summed E-state index contributed by atoms with van der Waals surface area (Å²) in [5, 5.41) is 7.37. The van der Waals surface area contributed by atoms with Crippen LogP contribution in [0.4, 0.5) is 0 Å². The van der Waals surface area contributed by atoms with E-state index in [4.69, 9.17) is 28.7 Å². The lowest BCUT2D eigenvalue weighted by Crippen LogP contribution is -2.52. The lowest BCUT2D eigenvalue weighted by Gasteiger charge is -2.21. The van der Waals surface area contributed by atoms with Crippen molar-refractivity contribution in [3.05, 3.63) is 0 Å². The van der Waals surface area contributed by atoms with Gasteiger partial charge in [0.2, 0.25) is 17.7 Å². The zero-order chi connectivity index (χ0) is 22.9. The number of hydrogen-bond acceptors (Lipinski definition) is 7. The first kappa shape index (κ1) is 26.6. The smallest absolute Gasteiger partial charge is 0.243 e. The number of rotatable bonds is 15. The van der Waals surface area contributed by atoms with E-state index in [1.165, 1.54) is 0 Å². The number of carbonyl (C=O) groups excluding carboxylic acids is 4. The summed E-state index contributed by atoms with van der Waals surface area (Å²) in [5.74, 6) is -1.81. The molecule has 0 aromatic rings. The molecule has 3 amide bonds. The van der Waals surface area contributed by atoms with E-state index in [1.54, 1.807) is 0 Å². The van der Waals surface area contributed by atoms with Crippen molar-refractivity contribution in [2.75, 3.05) is 26.2 Å². The number of nitrogens with one attached hydrogen (secondary N) is 3. The zero-order valence-corrected chi connectivity index (χ0v) is 16.8. The van der Waals surface area contributed by atoms with Crippen molar-refractivity contribution in [3.63, 3.8) is 0 Å². The van der Waals surface area contributed by atoms with E-state index >= 15 is 0 Å². The zero-order valence-electron chi connectivity index (χ0n) is 16.8. The lowest BCUT2D eigenvalue weighted by atomic mass is 10.1. The van der Waals surface area contributed by atoms with Gasteiger partial charge >= 0.3 is 0 Å². The monoisotopic (exact) mass is 428 g/mol. The molecule has 0 aromatic carbocycles. The third kappa shape index (κ3) is 13.7. The third-order valence-corrected chi connectivity index (χ3v) is 3.69. The molecule has 13 N–H and O–H groups in total. The standard InChI is InChI=1S/C16H32N10O4/c17-7-12(28)24-8-13(29)26-11(4-2-6-23-16(20)21)14(30)25-10(9-27)3-1-5-22-15(18)19/h9-11H,1-8,17H2,(H,24,28)(H,25,30)(H,26,29)(H4,18,19,22)(H4,20,21,23). The van der Waals surface area contributed by atoms with Crippen molar-refractivity contribution < 1.29 is 19.2 Å². The molecule has 0 fully saturated rings. The van der Waals surface area contributed by atoms with Gasteiger partial charge in [0.15, 0.2) is 11.9 Å². The van der Waals surface area contributed by atoms with Crippen molar-refractivity contribution >= 4 is 35.9 Å². The second-order valence-electron chi connectivity index (χ2n) is 6.25. The average molecular weight is 428 g/mol. The largest absolute Gasteiger partial charge is 0.370 e. The lowest BCUT2D eigenvalue weighted by molar-refractivity contribution is -0.130. The maximum absolute atomic E-state index is 12.6. The Kier molecular flexibility index (Phi) is 13.7. The van der Waals surface area contributed by atoms with Gasteiger partial charge in [0.05, 0.1) is 19.1 Å². The Hall–Kier alpha value is -3.42. The van der Waals surface area contributed by atoms with Gasteiger partial charge in [0, 0.05) is 13.1 Å². The highest BCUT2D eigenvalue weighted by molar-refractivity contribution is 5.91. The van der Waals surface area contributed by atoms with Crippen LogP contribution < -0.4 is 44.6 Å². The number of amides is 3. The summed E-state index contributed by atoms with van der Waals surface area (Å²) in [6.45, 7) is -0.0521. The Morgan fingerprint density at radius 3 is 1.93 bits per heavy atom. The van der Waals surface area contributed by atoms with Gasteiger partial charge in [-0.25, -0.2) is 0 Å². The number of carbonyl (C=O) groups is 4. The van der Waals surface area contributed by atoms with Crippen molar-refractivity contribution in [3.8, 4) is 0 Å². The number of aliphatic imine (C=N–C) groups is 2. The molecule has 0 aliphatic rings. The van der Waals surface area contributed by atoms with E-state index in [9.17, 15) is 19.2 Å². The van der Waals surface area contributed by atoms with Gasteiger partial charge < -0.3 is 49.4 Å². The highest BCUT2D eigenvalue weighted by atomic mass is 16.2. The van der Waals surface area contributed by atoms with Crippen LogP contribution in [0, 0.1) is 0 Å². The molecule has 0 saturated heterocycles. The first-order valence-corrected chi connectivity index (χ1v) is 9.32. The van der Waals surface area contributed by atoms with Crippen molar-refractivity contribution in [1.82, 2.24) is 16.0 Å². The molecule has 0 spiro atoms. The Morgan fingerprint density at radius 2 is 1.43 bits per heavy atom. The van der Waals surface area contributed by atoms with Gasteiger partial charge in [0.25, 0.3) is 0 Å². The summed E-state index contributed by atoms with van der Waals surface area (Å²) in [7, 11) is 0. The molecule has 0 radical (unpaired) electrons. The predicted molar refractivity (Wildman–Crippen MR) is 112 cm³/mol. The van der Waals surface area contributed by atoms with Crippen LogP contribution in [-0.4, -0.2) is 74.2 Å². The maximum atomic E-state index is 12.6. The topological polar surface area (TPSA) is 259 Å². The molecule has 0 bridgehead atoms. The molecule has 30 heavy (non-hydrogen) atoms. The molecule has 0 aliphatic carbocycles. The molecule has 0 aromatic heterocycles. The van der Waals surface area contributed by atoms with Gasteiger partial charge in [-0.3, -0.25) is 24.4 Å². The predicted octanol–water partition coefficient (Wildman–Crippen LogP) is -4.66. The molecule has 14 nitrogen and oxygen atoms in total. The van der Waals surface area contributed by atoms with Gasteiger partial charge in [-0.15, -0.1) is 0 Å². The fourth-order valence-corrected chi connectivity index (χ4v) is 2.25. The summed E-state index contributed by atoms with van der Waals surface area (Å²) < 4.78 is 0. The molecule has 0 aliphatic heterocycles. The Bertz CT molecular complexity index is 630. The van der Waals surface area contributed by atoms with Gasteiger partial charge in [-0.05, 0) is 25.7 Å². The summed E-state index contributed by atoms with van der Waals surface area (Å²) >= 11 is 0. The molecular formula is C16H32N10O4. The molecule has 0 rings (SSSR count). The number of hydrogen-bond donors (Lipinski definition) is 8. The second kappa shape index (κ2) is 15.5. The Balaban J connectivity index is 4.85. The van der Waals surface area contributed by atoms with Crippen molar-refractivity contribution in [1.29, 1.82) is 0 Å². The summed E-state index contributed by atoms with van der Waals surface area (Å²) in [6, 6.07) is -1.73. The van der Waals surface area contributed by atoms with Crippen LogP contribution in [0.1, 0.15) is 25.7 Å². The molecule has 0 heterocycles. The molecule has 2 atom stereocenters. The van der Waals surface area contributed by atoms with E-state index in [2.05, 4.69) is 25.9 Å². The van der Waals surface area contributed by atoms with Crippen LogP contribution in [0.25, 0.3) is 0 Å². The molecule has 14 heteroatoms. The van der Waals surface area contributed by atoms with E-state index in [0.29, 0.717) is 32.1 Å². The minimum Gasteiger partial charge on any atom is -0.370 e. The molecule has 170 valence electrons. The first-order valence-electron chi connectivity index (χ1n) is 9.32. The SMILES string of the molecule is NCC(=O)NCC(=O)NC(CCCN=C(N)N)C(=O)NC(C=O)CCCN=C(N)N. The molecular weight excluding hydrogens is 396 g/mol. The van der Waals surface area contributed by atoms with E-state index in [0.717, 1.165) is 0 Å². The van der Waals surface area contributed by atoms with Crippen LogP contribution in [0.2, 0.25) is 0 Å². The third-order valence-electron chi connectivity index (χ3n) is 3.69. The Labute approximate surface area is 174 Å². The van der Waals surface area contributed by atoms with Crippen LogP contribution in [-0.2, 0) is 19.2 Å². The van der Waals surface area contributed by atoms with Crippen LogP contribution >= 0.6 is 0 Å². The second-order valence-corrected chi connectivity index (χ2v) is 6.25. The normalized spacial score (nSPS) is 12.0. The van der Waals surface area contributed by atoms with Crippen LogP contribution in [0.15, 0.2) is 9.98 Å². The minimum atomic E-state index is -0.957. The van der Waals surface area contributed by atoms with E-state index < -0.39 is 29.8 Å². The quantitative estimate of drug-likeness (QED) is 0.0538. The van der Waals surface area contributed by atoms with Crippen LogP contribution in [0.5, 0.6) is 0 Å². The number of nitrogens with zero attached hydrogens (tertiary/aromatic N) is 2. The van der Waals surface area contributed by atoms with Gasteiger partial charge in [-0.1, -0.05) is 0 Å². The summed E-state index contributed by atoms with van der Waals surface area (Å²) in [5.41, 5.74) is 26.1. The highest BCUT2D eigenvalue weighted by Crippen LogP contribution is 2.02. The number of aldehydes is 1. The average Bonchev–Trinajstić information content (AvgIpc) is 2.69. The summed E-state index contributed by atoms with van der Waals surface area (Å²) in [4.78, 5) is 54.6. The summed E-state index contributed by atoms with van der Waals surface area (Å²) in [6.07, 6.45) is 1.97. The van der Waals surface area contributed by atoms with Crippen molar-refractivity contribution in [2.45, 2.75) is 37.8 Å². The Morgan fingerprint density at radius 1 is 0.867 bits per heavy atom. The van der Waals surface area contributed by atoms with E-state index in [1.807, 2.05) is 0 Å². The van der Waals surface area contributed by atoms with Crippen LogP contribution in [0.3, 0.4) is 0 Å².